The molecule has 0 aliphatic carbocycles. The summed E-state index contributed by atoms with van der Waals surface area (Å²) in [4.78, 5) is 16.0. The topological polar surface area (TPSA) is 32.8 Å². The van der Waals surface area contributed by atoms with E-state index in [1.54, 1.807) is 17.0 Å². The van der Waals surface area contributed by atoms with E-state index in [4.69, 9.17) is 16.3 Å². The molecule has 0 radical (unpaired) electrons. The van der Waals surface area contributed by atoms with Crippen molar-refractivity contribution >= 4 is 23.2 Å². The summed E-state index contributed by atoms with van der Waals surface area (Å²) in [6.07, 6.45) is 1.16. The molecule has 0 fully saturated rings. The Labute approximate surface area is 155 Å². The first-order valence-corrected chi connectivity index (χ1v) is 8.72. The molecule has 0 N–H and O–H groups in total. The highest BCUT2D eigenvalue weighted by atomic mass is 35.5. The van der Waals surface area contributed by atoms with E-state index in [0.717, 1.165) is 17.0 Å². The monoisotopic (exact) mass is 360 g/mol. The number of hydrogen-bond acceptors (Lipinski definition) is 3. The first-order valence-electron chi connectivity index (χ1n) is 8.34. The molecule has 0 spiro atoms. The molecule has 134 valence electrons. The summed E-state index contributed by atoms with van der Waals surface area (Å²) < 4.78 is 5.61. The van der Waals surface area contributed by atoms with Crippen LogP contribution in [0.25, 0.3) is 0 Å². The van der Waals surface area contributed by atoms with Crippen LogP contribution in [0.2, 0.25) is 5.02 Å². The second kappa shape index (κ2) is 9.33. The lowest BCUT2D eigenvalue weighted by Crippen LogP contribution is -2.26. The molecule has 0 saturated carbocycles. The molecule has 0 aromatic heterocycles. The predicted octanol–water partition coefficient (Wildman–Crippen LogP) is 4.22. The fraction of sp³-hybridized carbons (Fsp3) is 0.350. The Balaban J connectivity index is 1.71. The van der Waals surface area contributed by atoms with Crippen molar-refractivity contribution in [3.63, 3.8) is 0 Å². The summed E-state index contributed by atoms with van der Waals surface area (Å²) >= 11 is 5.83. The number of amides is 1. The third kappa shape index (κ3) is 6.31. The zero-order chi connectivity index (χ0) is 18.2. The van der Waals surface area contributed by atoms with Gasteiger partial charge in [-0.05, 0) is 48.4 Å². The van der Waals surface area contributed by atoms with Crippen LogP contribution in [0.15, 0.2) is 48.5 Å². The molecule has 4 nitrogen and oxygen atoms in total. The molecule has 0 bridgehead atoms. The number of hydrogen-bond donors (Lipinski definition) is 0. The zero-order valence-electron chi connectivity index (χ0n) is 15.0. The van der Waals surface area contributed by atoms with E-state index in [0.29, 0.717) is 31.0 Å². The quantitative estimate of drug-likeness (QED) is 0.660. The third-order valence-electron chi connectivity index (χ3n) is 3.92. The van der Waals surface area contributed by atoms with Gasteiger partial charge in [-0.15, -0.1) is 0 Å². The van der Waals surface area contributed by atoms with Crippen molar-refractivity contribution in [1.82, 2.24) is 4.90 Å². The number of carbonyl (C=O) groups is 1. The molecule has 0 heterocycles. The van der Waals surface area contributed by atoms with Crippen molar-refractivity contribution in [2.75, 3.05) is 32.6 Å². The van der Waals surface area contributed by atoms with Gasteiger partial charge in [-0.3, -0.25) is 4.79 Å². The highest BCUT2D eigenvalue weighted by molar-refractivity contribution is 6.30. The van der Waals surface area contributed by atoms with Crippen LogP contribution in [-0.2, 0) is 11.3 Å². The molecule has 2 aromatic carbocycles. The number of rotatable bonds is 8. The highest BCUT2D eigenvalue weighted by Crippen LogP contribution is 2.16. The Kier molecular flexibility index (Phi) is 7.14. The standard InChI is InChI=1S/C20H25ClN2O2/c1-22(2)18-10-6-16(7-11-18)15-23(3)20(24)5-4-14-25-19-12-8-17(21)9-13-19/h6-13H,4-5,14-15H2,1-3H3. The summed E-state index contributed by atoms with van der Waals surface area (Å²) in [5.74, 6) is 0.891. The number of anilines is 1. The van der Waals surface area contributed by atoms with Gasteiger partial charge in [-0.25, -0.2) is 0 Å². The molecule has 2 aromatic rings. The second-order valence-corrected chi connectivity index (χ2v) is 6.65. The maximum absolute atomic E-state index is 12.2. The molecule has 0 aliphatic rings. The molecule has 0 saturated heterocycles. The van der Waals surface area contributed by atoms with Gasteiger partial charge in [0, 0.05) is 44.8 Å². The van der Waals surface area contributed by atoms with E-state index in [-0.39, 0.29) is 5.91 Å². The minimum atomic E-state index is 0.122. The lowest BCUT2D eigenvalue weighted by molar-refractivity contribution is -0.130. The van der Waals surface area contributed by atoms with Crippen molar-refractivity contribution in [2.24, 2.45) is 0 Å². The maximum atomic E-state index is 12.2. The number of benzene rings is 2. The largest absolute Gasteiger partial charge is 0.494 e. The Morgan fingerprint density at radius 3 is 2.24 bits per heavy atom. The minimum absolute atomic E-state index is 0.122. The molecule has 25 heavy (non-hydrogen) atoms. The Morgan fingerprint density at radius 1 is 1.00 bits per heavy atom. The van der Waals surface area contributed by atoms with Gasteiger partial charge in [-0.1, -0.05) is 23.7 Å². The van der Waals surface area contributed by atoms with Crippen LogP contribution in [0.4, 0.5) is 5.69 Å². The number of halogens is 1. The van der Waals surface area contributed by atoms with E-state index in [1.807, 2.05) is 33.3 Å². The fourth-order valence-corrected chi connectivity index (χ4v) is 2.52. The van der Waals surface area contributed by atoms with E-state index in [9.17, 15) is 4.79 Å². The highest BCUT2D eigenvalue weighted by Gasteiger charge is 2.09. The normalized spacial score (nSPS) is 10.4. The Morgan fingerprint density at radius 2 is 1.64 bits per heavy atom. The van der Waals surface area contributed by atoms with Crippen LogP contribution >= 0.6 is 11.6 Å². The molecule has 1 amide bonds. The summed E-state index contributed by atoms with van der Waals surface area (Å²) in [6, 6.07) is 15.5. The van der Waals surface area contributed by atoms with Crippen LogP contribution in [0, 0.1) is 0 Å². The van der Waals surface area contributed by atoms with Crippen LogP contribution < -0.4 is 9.64 Å². The van der Waals surface area contributed by atoms with E-state index >= 15 is 0 Å². The Hall–Kier alpha value is -2.20. The van der Waals surface area contributed by atoms with Crippen molar-refractivity contribution in [3.8, 4) is 5.75 Å². The molecule has 0 aliphatic heterocycles. The number of nitrogens with zero attached hydrogens (tertiary/aromatic N) is 2. The first-order chi connectivity index (χ1) is 12.0. The summed E-state index contributed by atoms with van der Waals surface area (Å²) in [7, 11) is 5.86. The average Bonchev–Trinajstić information content (AvgIpc) is 2.60. The number of carbonyl (C=O) groups excluding carboxylic acids is 1. The number of ether oxygens (including phenoxy) is 1. The molecular weight excluding hydrogens is 336 g/mol. The van der Waals surface area contributed by atoms with Crippen LogP contribution in [-0.4, -0.2) is 38.6 Å². The van der Waals surface area contributed by atoms with Crippen molar-refractivity contribution < 1.29 is 9.53 Å². The first kappa shape index (κ1) is 19.1. The fourth-order valence-electron chi connectivity index (χ4n) is 2.40. The van der Waals surface area contributed by atoms with Crippen LogP contribution in [0.3, 0.4) is 0 Å². The van der Waals surface area contributed by atoms with Gasteiger partial charge in [0.1, 0.15) is 5.75 Å². The third-order valence-corrected chi connectivity index (χ3v) is 4.17. The Bertz CT molecular complexity index is 669. The molecule has 5 heteroatoms. The van der Waals surface area contributed by atoms with E-state index in [2.05, 4.69) is 29.2 Å². The van der Waals surface area contributed by atoms with Crippen LogP contribution in [0.5, 0.6) is 5.75 Å². The van der Waals surface area contributed by atoms with Gasteiger partial charge in [0.05, 0.1) is 6.61 Å². The van der Waals surface area contributed by atoms with Crippen molar-refractivity contribution in [3.05, 3.63) is 59.1 Å². The summed E-state index contributed by atoms with van der Waals surface area (Å²) in [5, 5.41) is 0.683. The lowest BCUT2D eigenvalue weighted by atomic mass is 10.2. The molecule has 0 atom stereocenters. The predicted molar refractivity (Wildman–Crippen MR) is 103 cm³/mol. The zero-order valence-corrected chi connectivity index (χ0v) is 15.8. The smallest absolute Gasteiger partial charge is 0.222 e. The average molecular weight is 361 g/mol. The maximum Gasteiger partial charge on any atom is 0.222 e. The van der Waals surface area contributed by atoms with Gasteiger partial charge in [0.2, 0.25) is 5.91 Å². The summed E-state index contributed by atoms with van der Waals surface area (Å²) in [6.45, 7) is 1.13. The molecule has 0 unspecified atom stereocenters. The molecular formula is C20H25ClN2O2. The van der Waals surface area contributed by atoms with Gasteiger partial charge in [0.15, 0.2) is 0 Å². The van der Waals surface area contributed by atoms with Gasteiger partial charge >= 0.3 is 0 Å². The summed E-state index contributed by atoms with van der Waals surface area (Å²) in [5.41, 5.74) is 2.27. The second-order valence-electron chi connectivity index (χ2n) is 6.22. The van der Waals surface area contributed by atoms with Gasteiger partial charge < -0.3 is 14.5 Å². The molecule has 2 rings (SSSR count). The van der Waals surface area contributed by atoms with Gasteiger partial charge in [0.25, 0.3) is 0 Å². The lowest BCUT2D eigenvalue weighted by Gasteiger charge is -2.18. The van der Waals surface area contributed by atoms with Crippen molar-refractivity contribution in [1.29, 1.82) is 0 Å². The van der Waals surface area contributed by atoms with Gasteiger partial charge in [-0.2, -0.15) is 0 Å². The van der Waals surface area contributed by atoms with Crippen LogP contribution in [0.1, 0.15) is 18.4 Å². The van der Waals surface area contributed by atoms with Crippen molar-refractivity contribution in [2.45, 2.75) is 19.4 Å². The van der Waals surface area contributed by atoms with E-state index in [1.165, 1.54) is 0 Å². The minimum Gasteiger partial charge on any atom is -0.494 e. The van der Waals surface area contributed by atoms with E-state index < -0.39 is 0 Å². The SMILES string of the molecule is CN(Cc1ccc(N(C)C)cc1)C(=O)CCCOc1ccc(Cl)cc1.